The van der Waals surface area contributed by atoms with Gasteiger partial charge in [-0.15, -0.1) is 0 Å². The zero-order valence-corrected chi connectivity index (χ0v) is 36.6. The van der Waals surface area contributed by atoms with E-state index in [0.29, 0.717) is 25.9 Å². The van der Waals surface area contributed by atoms with Gasteiger partial charge in [-0.2, -0.15) is 0 Å². The van der Waals surface area contributed by atoms with Crippen molar-refractivity contribution in [2.75, 3.05) is 59.4 Å². The Kier molecular flexibility index (Phi) is 37.2. The average molecular weight is 857 g/mol. The zero-order valence-electron chi connectivity index (χ0n) is 36.6. The number of carbonyl (C=O) groups is 8. The molecule has 0 rings (SSSR count). The molecule has 0 heterocycles. The van der Waals surface area contributed by atoms with Crippen molar-refractivity contribution in [3.8, 4) is 0 Å². The van der Waals surface area contributed by atoms with Gasteiger partial charge in [-0.05, 0) is 46.0 Å². The van der Waals surface area contributed by atoms with E-state index in [1.165, 1.54) is 58.8 Å². The van der Waals surface area contributed by atoms with Gasteiger partial charge in [0.15, 0.2) is 5.78 Å². The van der Waals surface area contributed by atoms with Crippen LogP contribution in [0.5, 0.6) is 0 Å². The summed E-state index contributed by atoms with van der Waals surface area (Å²) in [7, 11) is 0. The Morgan fingerprint density at radius 3 is 1.53 bits per heavy atom. The van der Waals surface area contributed by atoms with Crippen molar-refractivity contribution in [2.45, 2.75) is 168 Å². The highest BCUT2D eigenvalue weighted by molar-refractivity contribution is 5.88. The molecule has 346 valence electrons. The summed E-state index contributed by atoms with van der Waals surface area (Å²) >= 11 is 0. The minimum Gasteiger partial charge on any atom is -0.481 e. The number of carboxylic acids is 2. The summed E-state index contributed by atoms with van der Waals surface area (Å²) < 4.78 is 21.4. The summed E-state index contributed by atoms with van der Waals surface area (Å²) in [5.74, 6) is -3.47. The van der Waals surface area contributed by atoms with E-state index >= 15 is 0 Å². The smallest absolute Gasteiger partial charge is 0.326 e. The lowest BCUT2D eigenvalue weighted by Gasteiger charge is -2.14. The van der Waals surface area contributed by atoms with E-state index in [9.17, 15) is 43.5 Å². The van der Waals surface area contributed by atoms with E-state index in [1.54, 1.807) is 0 Å². The molecule has 2 atom stereocenters. The maximum absolute atomic E-state index is 12.3. The molecule has 4 N–H and O–H groups in total. The minimum atomic E-state index is -1.16. The molecule has 0 aromatic rings. The van der Waals surface area contributed by atoms with Crippen LogP contribution in [0.15, 0.2) is 0 Å². The average Bonchev–Trinajstić information content (AvgIpc) is 3.19. The normalized spacial score (nSPS) is 12.1. The molecule has 0 aliphatic heterocycles. The quantitative estimate of drug-likeness (QED) is 0.0536. The fourth-order valence-electron chi connectivity index (χ4n) is 6.27. The van der Waals surface area contributed by atoms with Gasteiger partial charge in [0, 0.05) is 57.6 Å². The molecule has 60 heavy (non-hydrogen) atoms. The van der Waals surface area contributed by atoms with Crippen molar-refractivity contribution >= 4 is 46.9 Å². The first-order valence-electron chi connectivity index (χ1n) is 22.2. The topological polar surface area (TPSA) is 238 Å². The molecule has 0 spiro atoms. The summed E-state index contributed by atoms with van der Waals surface area (Å²) in [6.45, 7) is 4.15. The third-order valence-corrected chi connectivity index (χ3v) is 9.84. The predicted molar refractivity (Wildman–Crippen MR) is 225 cm³/mol. The molecular weight excluding hydrogens is 780 g/mol. The van der Waals surface area contributed by atoms with Crippen LogP contribution in [0.2, 0.25) is 0 Å². The monoisotopic (exact) mass is 857 g/mol. The Hall–Kier alpha value is -3.60. The Morgan fingerprint density at radius 2 is 1.00 bits per heavy atom. The van der Waals surface area contributed by atoms with Crippen molar-refractivity contribution in [2.24, 2.45) is 5.92 Å². The van der Waals surface area contributed by atoms with Gasteiger partial charge in [0.2, 0.25) is 11.8 Å². The third-order valence-electron chi connectivity index (χ3n) is 9.84. The number of hydrogen-bond acceptors (Lipinski definition) is 12. The van der Waals surface area contributed by atoms with Crippen LogP contribution in [-0.2, 0) is 57.3 Å². The highest BCUT2D eigenvalue weighted by Crippen LogP contribution is 2.15. The largest absolute Gasteiger partial charge is 0.481 e. The van der Waals surface area contributed by atoms with Gasteiger partial charge in [-0.3, -0.25) is 28.8 Å². The van der Waals surface area contributed by atoms with Crippen molar-refractivity contribution in [1.29, 1.82) is 0 Å². The van der Waals surface area contributed by atoms with Crippen molar-refractivity contribution < 1.29 is 67.5 Å². The van der Waals surface area contributed by atoms with Crippen molar-refractivity contribution in [3.05, 3.63) is 0 Å². The lowest BCUT2D eigenvalue weighted by Crippen LogP contribution is -2.41. The van der Waals surface area contributed by atoms with E-state index in [2.05, 4.69) is 10.6 Å². The summed E-state index contributed by atoms with van der Waals surface area (Å²) in [6.07, 6.45) is 17.0. The Morgan fingerprint density at radius 1 is 0.483 bits per heavy atom. The van der Waals surface area contributed by atoms with E-state index < -0.39 is 23.9 Å². The molecule has 0 bridgehead atoms. The fourth-order valence-corrected chi connectivity index (χ4v) is 6.27. The number of ether oxygens (including phenoxy) is 4. The highest BCUT2D eigenvalue weighted by Gasteiger charge is 2.21. The molecule has 0 saturated carbocycles. The van der Waals surface area contributed by atoms with Crippen LogP contribution in [0, 0.1) is 5.92 Å². The van der Waals surface area contributed by atoms with E-state index in [1.807, 2.05) is 0 Å². The number of Topliss-reactive ketones (excluding diaryl/α,β-unsaturated/α-hetero) is 4. The number of carboxylic acid groups (broad SMARTS) is 2. The predicted octanol–water partition coefficient (Wildman–Crippen LogP) is 5.73. The molecular formula is C44H76N2O14. The van der Waals surface area contributed by atoms with E-state index in [4.69, 9.17) is 24.1 Å². The van der Waals surface area contributed by atoms with Crippen LogP contribution >= 0.6 is 0 Å². The summed E-state index contributed by atoms with van der Waals surface area (Å²) in [5, 5.41) is 23.4. The summed E-state index contributed by atoms with van der Waals surface area (Å²) in [5.41, 5.74) is 0. The molecule has 0 fully saturated rings. The molecule has 0 aliphatic carbocycles. The zero-order chi connectivity index (χ0) is 44.6. The van der Waals surface area contributed by atoms with Crippen LogP contribution in [0.4, 0.5) is 0 Å². The van der Waals surface area contributed by atoms with Gasteiger partial charge < -0.3 is 44.6 Å². The van der Waals surface area contributed by atoms with Gasteiger partial charge in [0.25, 0.3) is 0 Å². The first-order valence-corrected chi connectivity index (χ1v) is 22.2. The number of carbonyl (C=O) groups excluding carboxylic acids is 6. The third kappa shape index (κ3) is 38.6. The van der Waals surface area contributed by atoms with Crippen LogP contribution in [0.3, 0.4) is 0 Å². The lowest BCUT2D eigenvalue weighted by molar-refractivity contribution is -0.142. The van der Waals surface area contributed by atoms with Gasteiger partial charge in [0.1, 0.15) is 36.6 Å². The van der Waals surface area contributed by atoms with Gasteiger partial charge >= 0.3 is 11.9 Å². The summed E-state index contributed by atoms with van der Waals surface area (Å²) in [4.78, 5) is 93.6. The number of nitrogens with one attached hydrogen (secondary N) is 2. The molecule has 0 aliphatic rings. The van der Waals surface area contributed by atoms with Crippen LogP contribution in [-0.4, -0.2) is 123 Å². The van der Waals surface area contributed by atoms with Crippen molar-refractivity contribution in [3.63, 3.8) is 0 Å². The summed E-state index contributed by atoms with van der Waals surface area (Å²) in [6, 6.07) is -1.11. The first kappa shape index (κ1) is 56.4. The van der Waals surface area contributed by atoms with Gasteiger partial charge in [0.05, 0.1) is 33.0 Å². The van der Waals surface area contributed by atoms with E-state index in [-0.39, 0.29) is 133 Å². The second-order valence-corrected chi connectivity index (χ2v) is 15.5. The molecule has 0 aromatic heterocycles. The second kappa shape index (κ2) is 39.5. The molecule has 0 aromatic carbocycles. The maximum atomic E-state index is 12.3. The number of amides is 2. The molecule has 16 heteroatoms. The van der Waals surface area contributed by atoms with E-state index in [0.717, 1.165) is 38.5 Å². The number of hydrogen-bond donors (Lipinski definition) is 4. The lowest BCUT2D eigenvalue weighted by atomic mass is 9.93. The standard InChI is InChI=1S/C44H76N2O14/c1-35(47)21-22-37(36(2)48)32-39(50)33-59-30-29-58-27-25-45-42(52)34-60-31-28-57-26-17-18-38(49)23-24-40(44(55)56)46-41(51)19-15-13-11-9-7-5-3-4-6-8-10-12-14-16-20-43(53)54/h37,40H,3-34H2,1-2H3,(H,45,52)(H,46,51)(H,53,54)(H,55,56)/t37-,40+/m1/s1. The van der Waals surface area contributed by atoms with Gasteiger partial charge in [-0.1, -0.05) is 77.0 Å². The maximum Gasteiger partial charge on any atom is 0.326 e. The first-order chi connectivity index (χ1) is 28.8. The van der Waals surface area contributed by atoms with Crippen molar-refractivity contribution in [1.82, 2.24) is 10.6 Å². The molecule has 2 amide bonds. The molecule has 0 unspecified atom stereocenters. The SMILES string of the molecule is CC(=O)CC[C@H](CC(=O)COCCOCCNC(=O)COCCOCCCC(=O)CC[C@H](NC(=O)CCCCCCCCCCCCCCCCC(=O)O)C(=O)O)C(C)=O. The van der Waals surface area contributed by atoms with Gasteiger partial charge in [-0.25, -0.2) is 4.79 Å². The second-order valence-electron chi connectivity index (χ2n) is 15.5. The van der Waals surface area contributed by atoms with Crippen LogP contribution in [0.1, 0.15) is 162 Å². The number of unbranched alkanes of at least 4 members (excludes halogenated alkanes) is 13. The Labute approximate surface area is 357 Å². The highest BCUT2D eigenvalue weighted by atomic mass is 16.5. The Bertz CT molecular complexity index is 1230. The number of rotatable bonds is 45. The molecule has 16 nitrogen and oxygen atoms in total. The fraction of sp³-hybridized carbons (Fsp3) is 0.818. The number of aliphatic carboxylic acids is 2. The minimum absolute atomic E-state index is 0.0249. The van der Waals surface area contributed by atoms with Crippen LogP contribution < -0.4 is 10.6 Å². The van der Waals surface area contributed by atoms with Crippen LogP contribution in [0.25, 0.3) is 0 Å². The Balaban J connectivity index is 3.72. The molecule has 0 saturated heterocycles. The molecule has 0 radical (unpaired) electrons. The number of ketones is 4.